The van der Waals surface area contributed by atoms with Gasteiger partial charge in [0, 0.05) is 12.7 Å². The molecule has 0 aliphatic heterocycles. The molecular weight excluding hydrogens is 192 g/mol. The van der Waals surface area contributed by atoms with Crippen LogP contribution in [0.4, 0.5) is 0 Å². The quantitative estimate of drug-likeness (QED) is 0.696. The normalized spacial score (nSPS) is 12.7. The molecule has 1 amide bonds. The summed E-state index contributed by atoms with van der Waals surface area (Å²) in [6.07, 6.45) is 4.49. The standard InChI is InChI=1S/C10H18N4O/c1-3-9(10(11)15)12-4-5-14-7-8(2)6-13-14/h6-7,9,12H,3-5H2,1-2H3,(H2,11,15)/t9-/m1/s1. The highest BCUT2D eigenvalue weighted by molar-refractivity contribution is 5.79. The molecular formula is C10H18N4O. The summed E-state index contributed by atoms with van der Waals surface area (Å²) in [5.41, 5.74) is 6.34. The van der Waals surface area contributed by atoms with Crippen molar-refractivity contribution >= 4 is 5.91 Å². The number of rotatable bonds is 6. The number of amides is 1. The van der Waals surface area contributed by atoms with E-state index in [4.69, 9.17) is 5.73 Å². The average Bonchev–Trinajstić information content (AvgIpc) is 2.58. The third-order valence-electron chi connectivity index (χ3n) is 2.25. The average molecular weight is 210 g/mol. The molecule has 1 heterocycles. The van der Waals surface area contributed by atoms with Gasteiger partial charge in [-0.2, -0.15) is 5.10 Å². The molecule has 5 nitrogen and oxygen atoms in total. The Labute approximate surface area is 89.6 Å². The van der Waals surface area contributed by atoms with Gasteiger partial charge < -0.3 is 11.1 Å². The van der Waals surface area contributed by atoms with Crippen LogP contribution in [0.5, 0.6) is 0 Å². The number of nitrogens with two attached hydrogens (primary N) is 1. The highest BCUT2D eigenvalue weighted by Gasteiger charge is 2.10. The molecule has 0 saturated carbocycles. The van der Waals surface area contributed by atoms with Crippen molar-refractivity contribution in [1.82, 2.24) is 15.1 Å². The van der Waals surface area contributed by atoms with E-state index in [9.17, 15) is 4.79 Å². The molecule has 1 aromatic heterocycles. The first-order valence-corrected chi connectivity index (χ1v) is 5.15. The maximum absolute atomic E-state index is 10.9. The van der Waals surface area contributed by atoms with Gasteiger partial charge in [-0.05, 0) is 18.9 Å². The van der Waals surface area contributed by atoms with Crippen LogP contribution in [0.25, 0.3) is 0 Å². The van der Waals surface area contributed by atoms with Crippen molar-refractivity contribution < 1.29 is 4.79 Å². The van der Waals surface area contributed by atoms with Crippen molar-refractivity contribution in [3.05, 3.63) is 18.0 Å². The first-order chi connectivity index (χ1) is 7.13. The van der Waals surface area contributed by atoms with Crippen molar-refractivity contribution in [3.8, 4) is 0 Å². The maximum atomic E-state index is 10.9. The molecule has 1 atom stereocenters. The zero-order chi connectivity index (χ0) is 11.3. The van der Waals surface area contributed by atoms with Crippen LogP contribution in [0.15, 0.2) is 12.4 Å². The van der Waals surface area contributed by atoms with Gasteiger partial charge in [0.05, 0.1) is 18.8 Å². The molecule has 0 aliphatic rings. The summed E-state index contributed by atoms with van der Waals surface area (Å²) in [7, 11) is 0. The van der Waals surface area contributed by atoms with Crippen LogP contribution in [0, 0.1) is 6.92 Å². The highest BCUT2D eigenvalue weighted by atomic mass is 16.1. The zero-order valence-corrected chi connectivity index (χ0v) is 9.23. The van der Waals surface area contributed by atoms with E-state index in [1.807, 2.05) is 30.9 Å². The Morgan fingerprint density at radius 3 is 2.93 bits per heavy atom. The number of nitrogens with one attached hydrogen (secondary N) is 1. The fourth-order valence-corrected chi connectivity index (χ4v) is 1.39. The number of carbonyl (C=O) groups is 1. The van der Waals surface area contributed by atoms with Gasteiger partial charge in [-0.3, -0.25) is 9.48 Å². The second-order valence-electron chi connectivity index (χ2n) is 3.60. The SMILES string of the molecule is CC[C@@H](NCCn1cc(C)cn1)C(N)=O. The second-order valence-corrected chi connectivity index (χ2v) is 3.60. The van der Waals surface area contributed by atoms with Crippen molar-refractivity contribution in [2.45, 2.75) is 32.9 Å². The topological polar surface area (TPSA) is 72.9 Å². The monoisotopic (exact) mass is 210 g/mol. The maximum Gasteiger partial charge on any atom is 0.234 e. The number of hydrogen-bond acceptors (Lipinski definition) is 3. The summed E-state index contributed by atoms with van der Waals surface area (Å²) in [5, 5.41) is 7.24. The van der Waals surface area contributed by atoms with Crippen molar-refractivity contribution in [2.75, 3.05) is 6.54 Å². The minimum atomic E-state index is -0.297. The van der Waals surface area contributed by atoms with E-state index in [1.165, 1.54) is 0 Å². The largest absolute Gasteiger partial charge is 0.368 e. The van der Waals surface area contributed by atoms with E-state index < -0.39 is 0 Å². The lowest BCUT2D eigenvalue weighted by atomic mass is 10.2. The Balaban J connectivity index is 2.29. The number of hydrogen-bond donors (Lipinski definition) is 2. The number of primary amides is 1. The molecule has 0 aliphatic carbocycles. The third kappa shape index (κ3) is 3.71. The van der Waals surface area contributed by atoms with E-state index in [1.54, 1.807) is 0 Å². The summed E-state index contributed by atoms with van der Waals surface area (Å²) >= 11 is 0. The Hall–Kier alpha value is -1.36. The van der Waals surface area contributed by atoms with E-state index in [0.717, 1.165) is 12.1 Å². The predicted molar refractivity (Wildman–Crippen MR) is 58.2 cm³/mol. The number of nitrogens with zero attached hydrogens (tertiary/aromatic N) is 2. The fourth-order valence-electron chi connectivity index (χ4n) is 1.39. The van der Waals surface area contributed by atoms with Gasteiger partial charge in [-0.1, -0.05) is 6.92 Å². The number of aryl methyl sites for hydroxylation is 1. The van der Waals surface area contributed by atoms with Crippen LogP contribution in [0.3, 0.4) is 0 Å². The van der Waals surface area contributed by atoms with Crippen molar-refractivity contribution in [3.63, 3.8) is 0 Å². The molecule has 0 saturated heterocycles. The molecule has 3 N–H and O–H groups in total. The zero-order valence-electron chi connectivity index (χ0n) is 9.23. The highest BCUT2D eigenvalue weighted by Crippen LogP contribution is 1.94. The van der Waals surface area contributed by atoms with Crippen LogP contribution >= 0.6 is 0 Å². The molecule has 5 heteroatoms. The van der Waals surface area contributed by atoms with Gasteiger partial charge in [0.15, 0.2) is 0 Å². The smallest absolute Gasteiger partial charge is 0.234 e. The summed E-state index contributed by atoms with van der Waals surface area (Å²) in [4.78, 5) is 10.9. The molecule has 15 heavy (non-hydrogen) atoms. The van der Waals surface area contributed by atoms with Gasteiger partial charge in [0.2, 0.25) is 5.91 Å². The summed E-state index contributed by atoms with van der Waals surface area (Å²) in [6.45, 7) is 5.37. The summed E-state index contributed by atoms with van der Waals surface area (Å²) in [6, 6.07) is -0.235. The molecule has 0 bridgehead atoms. The molecule has 0 fully saturated rings. The van der Waals surface area contributed by atoms with E-state index in [0.29, 0.717) is 13.0 Å². The lowest BCUT2D eigenvalue weighted by Gasteiger charge is -2.12. The van der Waals surface area contributed by atoms with Crippen molar-refractivity contribution in [1.29, 1.82) is 0 Å². The van der Waals surface area contributed by atoms with Gasteiger partial charge in [0.25, 0.3) is 0 Å². The number of carbonyl (C=O) groups excluding carboxylic acids is 1. The van der Waals surface area contributed by atoms with Crippen LogP contribution < -0.4 is 11.1 Å². The second kappa shape index (κ2) is 5.50. The minimum absolute atomic E-state index is 0.235. The first kappa shape index (κ1) is 11.7. The fraction of sp³-hybridized carbons (Fsp3) is 0.600. The van der Waals surface area contributed by atoms with Gasteiger partial charge >= 0.3 is 0 Å². The molecule has 1 aromatic rings. The molecule has 0 unspecified atom stereocenters. The molecule has 0 spiro atoms. The van der Waals surface area contributed by atoms with Gasteiger partial charge in [0.1, 0.15) is 0 Å². The van der Waals surface area contributed by atoms with Gasteiger partial charge in [-0.25, -0.2) is 0 Å². The predicted octanol–water partition coefficient (Wildman–Crippen LogP) is 0.0450. The Kier molecular flexibility index (Phi) is 4.30. The molecule has 0 radical (unpaired) electrons. The molecule has 1 rings (SSSR count). The lowest BCUT2D eigenvalue weighted by Crippen LogP contribution is -2.42. The van der Waals surface area contributed by atoms with Crippen LogP contribution in [0.2, 0.25) is 0 Å². The van der Waals surface area contributed by atoms with E-state index in [2.05, 4.69) is 10.4 Å². The third-order valence-corrected chi connectivity index (χ3v) is 2.25. The minimum Gasteiger partial charge on any atom is -0.368 e. The first-order valence-electron chi connectivity index (χ1n) is 5.15. The van der Waals surface area contributed by atoms with E-state index >= 15 is 0 Å². The van der Waals surface area contributed by atoms with Crippen LogP contribution in [-0.2, 0) is 11.3 Å². The van der Waals surface area contributed by atoms with Gasteiger partial charge in [-0.15, -0.1) is 0 Å². The van der Waals surface area contributed by atoms with Crippen LogP contribution in [0.1, 0.15) is 18.9 Å². The Morgan fingerprint density at radius 2 is 2.47 bits per heavy atom. The van der Waals surface area contributed by atoms with Crippen molar-refractivity contribution in [2.24, 2.45) is 5.73 Å². The summed E-state index contributed by atoms with van der Waals surface area (Å²) in [5.74, 6) is -0.297. The Morgan fingerprint density at radius 1 is 1.73 bits per heavy atom. The number of aromatic nitrogens is 2. The molecule has 0 aromatic carbocycles. The van der Waals surface area contributed by atoms with E-state index in [-0.39, 0.29) is 11.9 Å². The molecule has 84 valence electrons. The summed E-state index contributed by atoms with van der Waals surface area (Å²) < 4.78 is 1.84. The lowest BCUT2D eigenvalue weighted by molar-refractivity contribution is -0.120. The van der Waals surface area contributed by atoms with Crippen LogP contribution in [-0.4, -0.2) is 28.3 Å². The Bertz CT molecular complexity index is 321.